The van der Waals surface area contributed by atoms with Crippen molar-refractivity contribution in [3.05, 3.63) is 103 Å². The van der Waals surface area contributed by atoms with E-state index in [-0.39, 0.29) is 24.9 Å². The van der Waals surface area contributed by atoms with Gasteiger partial charge >= 0.3 is 0 Å². The number of amides is 1. The lowest BCUT2D eigenvalue weighted by Crippen LogP contribution is -2.45. The number of nitrogens with one attached hydrogen (secondary N) is 3. The smallest absolute Gasteiger partial charge is 0.235 e. The number of hydrogen-bond donors (Lipinski definition) is 3. The Kier molecular flexibility index (Phi) is 7.19. The van der Waals surface area contributed by atoms with Gasteiger partial charge in [-0.15, -0.1) is 0 Å². The van der Waals surface area contributed by atoms with Crippen LogP contribution in [0.3, 0.4) is 0 Å². The maximum absolute atomic E-state index is 13.7. The molecule has 4 heterocycles. The van der Waals surface area contributed by atoms with Crippen molar-refractivity contribution in [2.45, 2.75) is 13.2 Å². The molecule has 0 spiro atoms. The number of para-hydroxylation sites is 1. The van der Waals surface area contributed by atoms with Gasteiger partial charge < -0.3 is 25.1 Å². The number of rotatable bonds is 7. The second-order valence-corrected chi connectivity index (χ2v) is 9.82. The van der Waals surface area contributed by atoms with Gasteiger partial charge in [-0.3, -0.25) is 9.78 Å². The quantitative estimate of drug-likeness (QED) is 0.242. The zero-order chi connectivity index (χ0) is 28.2. The van der Waals surface area contributed by atoms with Crippen LogP contribution in [0, 0.1) is 11.2 Å². The highest BCUT2D eigenvalue weighted by molar-refractivity contribution is 5.95. The van der Waals surface area contributed by atoms with Crippen molar-refractivity contribution in [1.82, 2.24) is 24.9 Å². The average Bonchev–Trinajstić information content (AvgIpc) is 3.45. The number of pyridine rings is 1. The summed E-state index contributed by atoms with van der Waals surface area (Å²) in [5.74, 6) is 0.196. The fourth-order valence-corrected chi connectivity index (χ4v) is 4.33. The number of imidazole rings is 1. The summed E-state index contributed by atoms with van der Waals surface area (Å²) in [6.45, 7) is 1.98. The van der Waals surface area contributed by atoms with E-state index in [1.54, 1.807) is 55.8 Å². The molecule has 1 aliphatic heterocycles. The molecular weight excluding hydrogens is 525 g/mol. The first kappa shape index (κ1) is 26.2. The third-order valence-corrected chi connectivity index (χ3v) is 6.58. The van der Waals surface area contributed by atoms with E-state index >= 15 is 0 Å². The Morgan fingerprint density at radius 2 is 1.71 bits per heavy atom. The van der Waals surface area contributed by atoms with Crippen LogP contribution in [-0.2, 0) is 14.3 Å². The fourth-order valence-electron chi connectivity index (χ4n) is 4.33. The minimum Gasteiger partial charge on any atom is -0.345 e. The van der Waals surface area contributed by atoms with Gasteiger partial charge in [-0.1, -0.05) is 18.2 Å². The van der Waals surface area contributed by atoms with Crippen LogP contribution in [0.5, 0.6) is 0 Å². The molecule has 0 radical (unpaired) electrons. The average molecular weight is 552 g/mol. The molecule has 1 aliphatic rings. The Bertz CT molecular complexity index is 1640. The zero-order valence-electron chi connectivity index (χ0n) is 22.0. The first-order valence-electron chi connectivity index (χ1n) is 12.9. The van der Waals surface area contributed by atoms with Crippen molar-refractivity contribution in [3.8, 4) is 22.6 Å². The number of hydrogen-bond acceptors (Lipinski definition) is 8. The Hall–Kier alpha value is -5.00. The molecule has 11 heteroatoms. The molecule has 0 unspecified atom stereocenters. The van der Waals surface area contributed by atoms with E-state index in [0.717, 1.165) is 5.69 Å². The molecule has 5 aromatic rings. The molecular formula is C30H26FN7O3. The maximum atomic E-state index is 13.7. The first-order chi connectivity index (χ1) is 20.0. The summed E-state index contributed by atoms with van der Waals surface area (Å²) in [6, 6.07) is 20.9. The summed E-state index contributed by atoms with van der Waals surface area (Å²) in [7, 11) is 0. The van der Waals surface area contributed by atoms with Crippen molar-refractivity contribution >= 4 is 23.2 Å². The third kappa shape index (κ3) is 5.81. The lowest BCUT2D eigenvalue weighted by Gasteiger charge is -2.35. The minimum absolute atomic E-state index is 0.102. The molecule has 3 N–H and O–H groups in total. The summed E-state index contributed by atoms with van der Waals surface area (Å²) in [5, 5.41) is 6.05. The summed E-state index contributed by atoms with van der Waals surface area (Å²) in [6.07, 6.45) is 3.99. The third-order valence-electron chi connectivity index (χ3n) is 6.58. The van der Waals surface area contributed by atoms with E-state index in [1.807, 2.05) is 30.3 Å². The molecule has 206 valence electrons. The van der Waals surface area contributed by atoms with Gasteiger partial charge in [0, 0.05) is 23.6 Å². The molecule has 6 rings (SSSR count). The van der Waals surface area contributed by atoms with Gasteiger partial charge in [0.15, 0.2) is 5.82 Å². The van der Waals surface area contributed by atoms with E-state index in [0.29, 0.717) is 40.1 Å². The van der Waals surface area contributed by atoms with Crippen molar-refractivity contribution in [3.63, 3.8) is 0 Å². The number of aromatic nitrogens is 5. The van der Waals surface area contributed by atoms with Gasteiger partial charge in [0.2, 0.25) is 18.1 Å². The SMILES string of the molecule is CC1(C(=O)Nc2cccnc2)COC(c2nc(-c3ccc(F)cc3)c(-c3ccnc(Nc4ccccc4)n3)[nH]2)OC1. The molecule has 41 heavy (non-hydrogen) atoms. The predicted molar refractivity (Wildman–Crippen MR) is 150 cm³/mol. The normalized spacial score (nSPS) is 18.5. The zero-order valence-corrected chi connectivity index (χ0v) is 22.0. The standard InChI is InChI=1S/C30H26FN7O3/c1-30(28(39)34-22-8-5-14-32-16-22)17-40-27(41-18-30)26-37-24(19-9-11-20(31)12-10-19)25(38-26)23-13-15-33-29(36-23)35-21-6-3-2-4-7-21/h2-16,27H,17-18H2,1H3,(H,34,39)(H,37,38)(H,33,35,36). The second-order valence-electron chi connectivity index (χ2n) is 9.82. The largest absolute Gasteiger partial charge is 0.345 e. The summed E-state index contributed by atoms with van der Waals surface area (Å²) in [5.41, 5.74) is 2.87. The molecule has 1 saturated heterocycles. The van der Waals surface area contributed by atoms with Crippen molar-refractivity contribution in [2.75, 3.05) is 23.8 Å². The van der Waals surface area contributed by atoms with E-state index in [1.165, 1.54) is 12.1 Å². The topological polar surface area (TPSA) is 127 Å². The van der Waals surface area contributed by atoms with Crippen LogP contribution in [0.1, 0.15) is 19.0 Å². The molecule has 3 aromatic heterocycles. The number of benzene rings is 2. The van der Waals surface area contributed by atoms with E-state index in [2.05, 4.69) is 30.6 Å². The molecule has 0 atom stereocenters. The van der Waals surface area contributed by atoms with Crippen LogP contribution < -0.4 is 10.6 Å². The Balaban J connectivity index is 1.26. The van der Waals surface area contributed by atoms with E-state index in [9.17, 15) is 9.18 Å². The van der Waals surface area contributed by atoms with E-state index in [4.69, 9.17) is 14.5 Å². The van der Waals surface area contributed by atoms with E-state index < -0.39 is 11.7 Å². The number of carbonyl (C=O) groups excluding carboxylic acids is 1. The fraction of sp³-hybridized carbons (Fsp3) is 0.167. The van der Waals surface area contributed by atoms with Crippen molar-refractivity contribution in [2.24, 2.45) is 5.41 Å². The van der Waals surface area contributed by atoms with Gasteiger partial charge in [0.05, 0.1) is 47.6 Å². The van der Waals surface area contributed by atoms with Crippen LogP contribution in [-0.4, -0.2) is 44.0 Å². The maximum Gasteiger partial charge on any atom is 0.235 e. The summed E-state index contributed by atoms with van der Waals surface area (Å²) < 4.78 is 25.7. The molecule has 10 nitrogen and oxygen atoms in total. The monoisotopic (exact) mass is 551 g/mol. The van der Waals surface area contributed by atoms with Crippen LogP contribution >= 0.6 is 0 Å². The molecule has 0 aliphatic carbocycles. The molecule has 0 bridgehead atoms. The number of aromatic amines is 1. The van der Waals surface area contributed by atoms with Crippen LogP contribution in [0.25, 0.3) is 22.6 Å². The van der Waals surface area contributed by atoms with Crippen LogP contribution in [0.4, 0.5) is 21.7 Å². The number of H-pyrrole nitrogens is 1. The summed E-state index contributed by atoms with van der Waals surface area (Å²) >= 11 is 0. The number of carbonyl (C=O) groups is 1. The second kappa shape index (κ2) is 11.2. The van der Waals surface area contributed by atoms with Crippen molar-refractivity contribution in [1.29, 1.82) is 0 Å². The molecule has 1 amide bonds. The lowest BCUT2D eigenvalue weighted by atomic mass is 9.91. The molecule has 2 aromatic carbocycles. The Morgan fingerprint density at radius 1 is 0.951 bits per heavy atom. The number of anilines is 3. The first-order valence-corrected chi connectivity index (χ1v) is 12.9. The highest BCUT2D eigenvalue weighted by Gasteiger charge is 2.41. The van der Waals surface area contributed by atoms with Gasteiger partial charge in [0.1, 0.15) is 5.82 Å². The predicted octanol–water partition coefficient (Wildman–Crippen LogP) is 5.50. The summed E-state index contributed by atoms with van der Waals surface area (Å²) in [4.78, 5) is 34.1. The number of halogens is 1. The van der Waals surface area contributed by atoms with Crippen molar-refractivity contribution < 1.29 is 18.7 Å². The molecule has 0 saturated carbocycles. The van der Waals surface area contributed by atoms with Gasteiger partial charge in [-0.05, 0) is 61.5 Å². The van der Waals surface area contributed by atoms with Gasteiger partial charge in [0.25, 0.3) is 0 Å². The Morgan fingerprint density at radius 3 is 2.44 bits per heavy atom. The molecule has 1 fully saturated rings. The minimum atomic E-state index is -0.924. The van der Waals surface area contributed by atoms with Gasteiger partial charge in [-0.2, -0.15) is 0 Å². The van der Waals surface area contributed by atoms with Gasteiger partial charge in [-0.25, -0.2) is 19.3 Å². The highest BCUT2D eigenvalue weighted by Crippen LogP contribution is 2.36. The van der Waals surface area contributed by atoms with Crippen LogP contribution in [0.15, 0.2) is 91.4 Å². The lowest BCUT2D eigenvalue weighted by molar-refractivity contribution is -0.229. The number of ether oxygens (including phenoxy) is 2. The number of nitrogens with zero attached hydrogens (tertiary/aromatic N) is 4. The Labute approximate surface area is 235 Å². The highest BCUT2D eigenvalue weighted by atomic mass is 19.1. The van der Waals surface area contributed by atoms with Crippen LogP contribution in [0.2, 0.25) is 0 Å².